The van der Waals surface area contributed by atoms with Gasteiger partial charge in [0, 0.05) is 31.3 Å². The first-order valence-electron chi connectivity index (χ1n) is 5.37. The molecular formula is C10H11N5OS. The van der Waals surface area contributed by atoms with Gasteiger partial charge in [0.2, 0.25) is 0 Å². The summed E-state index contributed by atoms with van der Waals surface area (Å²) in [7, 11) is 0. The first kappa shape index (κ1) is 10.4. The van der Waals surface area contributed by atoms with Crippen LogP contribution in [0.3, 0.4) is 0 Å². The molecule has 1 aliphatic heterocycles. The van der Waals surface area contributed by atoms with Crippen LogP contribution in [0.25, 0.3) is 0 Å². The van der Waals surface area contributed by atoms with Gasteiger partial charge in [-0.15, -0.1) is 0 Å². The van der Waals surface area contributed by atoms with Crippen LogP contribution in [-0.4, -0.2) is 31.6 Å². The molecule has 0 amide bonds. The molecule has 6 nitrogen and oxygen atoms in total. The normalized spacial score (nSPS) is 15.9. The second kappa shape index (κ2) is 4.25. The maximum atomic E-state index is 11.5. The van der Waals surface area contributed by atoms with Crippen molar-refractivity contribution in [2.45, 2.75) is 6.54 Å². The Morgan fingerprint density at radius 2 is 2.35 bits per heavy atom. The van der Waals surface area contributed by atoms with E-state index in [1.54, 1.807) is 18.5 Å². The van der Waals surface area contributed by atoms with Gasteiger partial charge in [0.25, 0.3) is 5.56 Å². The van der Waals surface area contributed by atoms with E-state index in [2.05, 4.69) is 18.7 Å². The lowest BCUT2D eigenvalue weighted by Crippen LogP contribution is -2.49. The predicted octanol–water partition coefficient (Wildman–Crippen LogP) is 0.231. The van der Waals surface area contributed by atoms with Gasteiger partial charge in [-0.25, -0.2) is 4.68 Å². The van der Waals surface area contributed by atoms with Crippen molar-refractivity contribution >= 4 is 17.5 Å². The Balaban J connectivity index is 1.60. The van der Waals surface area contributed by atoms with E-state index in [4.69, 9.17) is 0 Å². The average molecular weight is 249 g/mol. The Kier molecular flexibility index (Phi) is 2.60. The molecular weight excluding hydrogens is 238 g/mol. The van der Waals surface area contributed by atoms with E-state index in [1.165, 1.54) is 22.5 Å². The quantitative estimate of drug-likeness (QED) is 0.779. The van der Waals surface area contributed by atoms with Crippen LogP contribution < -0.4 is 10.5 Å². The van der Waals surface area contributed by atoms with E-state index in [1.807, 2.05) is 0 Å². The van der Waals surface area contributed by atoms with Gasteiger partial charge in [0.05, 0.1) is 24.5 Å². The highest BCUT2D eigenvalue weighted by molar-refractivity contribution is 6.99. The minimum absolute atomic E-state index is 0.0405. The molecule has 0 spiro atoms. The summed E-state index contributed by atoms with van der Waals surface area (Å²) in [4.78, 5) is 13.6. The number of hydrogen-bond donors (Lipinski definition) is 0. The van der Waals surface area contributed by atoms with Gasteiger partial charge < -0.3 is 4.90 Å². The van der Waals surface area contributed by atoms with Gasteiger partial charge in [0.15, 0.2) is 5.82 Å². The molecule has 3 rings (SSSR count). The van der Waals surface area contributed by atoms with Crippen LogP contribution in [0, 0.1) is 5.92 Å². The molecule has 2 aromatic heterocycles. The minimum atomic E-state index is -0.0405. The molecule has 17 heavy (non-hydrogen) atoms. The summed E-state index contributed by atoms with van der Waals surface area (Å²) in [6.07, 6.45) is 3.41. The summed E-state index contributed by atoms with van der Waals surface area (Å²) in [5.74, 6) is 1.39. The highest BCUT2D eigenvalue weighted by Crippen LogP contribution is 2.23. The largest absolute Gasteiger partial charge is 0.354 e. The molecule has 2 aromatic rings. The molecule has 0 unspecified atom stereocenters. The van der Waals surface area contributed by atoms with Crippen molar-refractivity contribution in [1.29, 1.82) is 0 Å². The van der Waals surface area contributed by atoms with Crippen molar-refractivity contribution in [2.75, 3.05) is 18.0 Å². The van der Waals surface area contributed by atoms with Crippen molar-refractivity contribution in [1.82, 2.24) is 18.5 Å². The van der Waals surface area contributed by atoms with Crippen LogP contribution in [0.5, 0.6) is 0 Å². The molecule has 0 saturated carbocycles. The highest BCUT2D eigenvalue weighted by Gasteiger charge is 2.28. The highest BCUT2D eigenvalue weighted by atomic mass is 32.1. The van der Waals surface area contributed by atoms with Crippen LogP contribution in [0.2, 0.25) is 0 Å². The van der Waals surface area contributed by atoms with Gasteiger partial charge in [-0.1, -0.05) is 0 Å². The maximum Gasteiger partial charge on any atom is 0.266 e. The zero-order valence-corrected chi connectivity index (χ0v) is 9.88. The molecule has 3 heterocycles. The summed E-state index contributed by atoms with van der Waals surface area (Å²) in [6.45, 7) is 2.50. The van der Waals surface area contributed by atoms with Crippen molar-refractivity contribution in [2.24, 2.45) is 5.92 Å². The molecule has 0 radical (unpaired) electrons. The van der Waals surface area contributed by atoms with E-state index >= 15 is 0 Å². The fourth-order valence-corrected chi connectivity index (χ4v) is 2.38. The smallest absolute Gasteiger partial charge is 0.266 e. The topological polar surface area (TPSA) is 63.9 Å². The van der Waals surface area contributed by atoms with Crippen molar-refractivity contribution in [3.8, 4) is 0 Å². The molecule has 1 aliphatic rings. The van der Waals surface area contributed by atoms with E-state index in [0.717, 1.165) is 18.9 Å². The van der Waals surface area contributed by atoms with Gasteiger partial charge in [-0.05, 0) is 6.07 Å². The van der Waals surface area contributed by atoms with Crippen LogP contribution in [0.4, 0.5) is 5.82 Å². The first-order valence-corrected chi connectivity index (χ1v) is 6.10. The van der Waals surface area contributed by atoms with Crippen LogP contribution >= 0.6 is 11.7 Å². The van der Waals surface area contributed by atoms with Crippen LogP contribution in [-0.2, 0) is 6.54 Å². The second-order valence-electron chi connectivity index (χ2n) is 4.08. The van der Waals surface area contributed by atoms with Gasteiger partial charge in [-0.2, -0.15) is 13.8 Å². The maximum absolute atomic E-state index is 11.5. The van der Waals surface area contributed by atoms with Crippen molar-refractivity contribution in [3.63, 3.8) is 0 Å². The van der Waals surface area contributed by atoms with Crippen LogP contribution in [0.15, 0.2) is 29.3 Å². The fraction of sp³-hybridized carbons (Fsp3) is 0.400. The standard InChI is InChI=1S/C10H11N5OS/c16-10-2-1-3-11-15(10)7-8-5-14(6-8)9-4-12-17-13-9/h1-4,8H,5-7H2. The summed E-state index contributed by atoms with van der Waals surface area (Å²) in [6, 6.07) is 3.20. The third kappa shape index (κ3) is 2.05. The molecule has 7 heteroatoms. The summed E-state index contributed by atoms with van der Waals surface area (Å²) >= 11 is 1.22. The monoisotopic (exact) mass is 249 g/mol. The zero-order valence-electron chi connectivity index (χ0n) is 9.06. The Morgan fingerprint density at radius 1 is 1.47 bits per heavy atom. The molecule has 0 aromatic carbocycles. The molecule has 0 N–H and O–H groups in total. The van der Waals surface area contributed by atoms with E-state index in [9.17, 15) is 4.79 Å². The Hall–Kier alpha value is -1.76. The third-order valence-corrected chi connectivity index (χ3v) is 3.32. The SMILES string of the molecule is O=c1cccnn1CC1CN(c2cnsn2)C1. The van der Waals surface area contributed by atoms with Crippen molar-refractivity contribution < 1.29 is 0 Å². The Bertz CT molecular complexity index is 546. The lowest BCUT2D eigenvalue weighted by atomic mass is 10.0. The van der Waals surface area contributed by atoms with E-state index in [-0.39, 0.29) is 5.56 Å². The number of hydrogen-bond acceptors (Lipinski definition) is 6. The minimum Gasteiger partial charge on any atom is -0.354 e. The van der Waals surface area contributed by atoms with Gasteiger partial charge in [-0.3, -0.25) is 4.79 Å². The number of anilines is 1. The lowest BCUT2D eigenvalue weighted by Gasteiger charge is -2.39. The van der Waals surface area contributed by atoms with Crippen LogP contribution in [0.1, 0.15) is 0 Å². The van der Waals surface area contributed by atoms with Crippen molar-refractivity contribution in [3.05, 3.63) is 34.9 Å². The second-order valence-corrected chi connectivity index (χ2v) is 4.64. The molecule has 1 fully saturated rings. The van der Waals surface area contributed by atoms with E-state index in [0.29, 0.717) is 12.5 Å². The molecule has 0 bridgehead atoms. The number of nitrogens with zero attached hydrogens (tertiary/aromatic N) is 5. The number of rotatable bonds is 3. The molecule has 0 atom stereocenters. The first-order chi connectivity index (χ1) is 8.33. The predicted molar refractivity (Wildman–Crippen MR) is 64.1 cm³/mol. The zero-order chi connectivity index (χ0) is 11.7. The summed E-state index contributed by atoms with van der Waals surface area (Å²) in [5.41, 5.74) is -0.0405. The fourth-order valence-electron chi connectivity index (χ4n) is 1.94. The van der Waals surface area contributed by atoms with Gasteiger partial charge in [0.1, 0.15) is 0 Å². The molecule has 88 valence electrons. The Labute approximate surface area is 102 Å². The molecule has 1 saturated heterocycles. The average Bonchev–Trinajstić information content (AvgIpc) is 2.78. The van der Waals surface area contributed by atoms with Gasteiger partial charge >= 0.3 is 0 Å². The Morgan fingerprint density at radius 3 is 3.06 bits per heavy atom. The number of aromatic nitrogens is 4. The van der Waals surface area contributed by atoms with E-state index < -0.39 is 0 Å². The third-order valence-electron chi connectivity index (χ3n) is 2.85. The summed E-state index contributed by atoms with van der Waals surface area (Å²) in [5, 5.41) is 4.05. The lowest BCUT2D eigenvalue weighted by molar-refractivity contribution is 0.333. The molecule has 0 aliphatic carbocycles. The summed E-state index contributed by atoms with van der Waals surface area (Å²) < 4.78 is 9.65.